The lowest BCUT2D eigenvalue weighted by Crippen LogP contribution is -1.99. The minimum absolute atomic E-state index is 0.00845. The number of nitrogens with zero attached hydrogens (tertiary/aromatic N) is 1. The summed E-state index contributed by atoms with van der Waals surface area (Å²) in [4.78, 5) is 4.51. The molecule has 1 heterocycles. The summed E-state index contributed by atoms with van der Waals surface area (Å²) in [6, 6.07) is 9.74. The third-order valence-corrected chi connectivity index (χ3v) is 3.20. The van der Waals surface area contributed by atoms with Crippen molar-refractivity contribution in [2.45, 2.75) is 40.2 Å². The fraction of sp³-hybridized carbons (Fsp3) is 0.353. The smallest absolute Gasteiger partial charge is 0.219 e. The van der Waals surface area contributed by atoms with E-state index in [9.17, 15) is 5.11 Å². The number of pyridine rings is 1. The molecule has 1 N–H and O–H groups in total. The molecular weight excluding hydrogens is 250 g/mol. The van der Waals surface area contributed by atoms with E-state index >= 15 is 0 Å². The van der Waals surface area contributed by atoms with Crippen molar-refractivity contribution in [1.82, 2.24) is 4.98 Å². The maximum atomic E-state index is 9.34. The van der Waals surface area contributed by atoms with Crippen molar-refractivity contribution in [3.63, 3.8) is 0 Å². The number of hydrogen-bond donors (Lipinski definition) is 1. The molecular formula is C17H21NO2. The first-order chi connectivity index (χ1) is 9.49. The summed E-state index contributed by atoms with van der Waals surface area (Å²) in [6.45, 7) is 8.21. The molecule has 0 amide bonds. The number of aromatic nitrogens is 1. The van der Waals surface area contributed by atoms with Gasteiger partial charge in [0, 0.05) is 11.8 Å². The highest BCUT2D eigenvalue weighted by atomic mass is 16.5. The molecule has 1 aromatic carbocycles. The molecule has 0 spiro atoms. The van der Waals surface area contributed by atoms with Crippen molar-refractivity contribution in [2.75, 3.05) is 0 Å². The highest BCUT2D eigenvalue weighted by Crippen LogP contribution is 2.27. The summed E-state index contributed by atoms with van der Waals surface area (Å²) in [5.74, 6) is 1.63. The third-order valence-electron chi connectivity index (χ3n) is 3.20. The Hall–Kier alpha value is -1.87. The van der Waals surface area contributed by atoms with Crippen LogP contribution in [0.2, 0.25) is 0 Å². The average molecular weight is 271 g/mol. The molecule has 20 heavy (non-hydrogen) atoms. The molecule has 106 valence electrons. The van der Waals surface area contributed by atoms with E-state index < -0.39 is 0 Å². The molecule has 0 aliphatic carbocycles. The topological polar surface area (TPSA) is 42.4 Å². The number of rotatable bonds is 4. The number of benzene rings is 1. The number of hydrogen-bond acceptors (Lipinski definition) is 3. The van der Waals surface area contributed by atoms with Gasteiger partial charge in [-0.1, -0.05) is 31.5 Å². The Morgan fingerprint density at radius 2 is 1.90 bits per heavy atom. The zero-order valence-corrected chi connectivity index (χ0v) is 12.5. The molecule has 1 aromatic heterocycles. The van der Waals surface area contributed by atoms with E-state index in [1.54, 1.807) is 6.07 Å². The van der Waals surface area contributed by atoms with E-state index in [0.29, 0.717) is 11.8 Å². The monoisotopic (exact) mass is 271 g/mol. The first-order valence-electron chi connectivity index (χ1n) is 6.86. The molecule has 0 aliphatic heterocycles. The highest BCUT2D eigenvalue weighted by Gasteiger charge is 2.09. The molecule has 0 radical (unpaired) electrons. The summed E-state index contributed by atoms with van der Waals surface area (Å²) >= 11 is 0. The lowest BCUT2D eigenvalue weighted by atomic mass is 10.1. The van der Waals surface area contributed by atoms with E-state index in [2.05, 4.69) is 31.8 Å². The van der Waals surface area contributed by atoms with Crippen LogP contribution in [0.1, 0.15) is 42.1 Å². The predicted molar refractivity (Wildman–Crippen MR) is 80.2 cm³/mol. The average Bonchev–Trinajstić information content (AvgIpc) is 2.41. The van der Waals surface area contributed by atoms with E-state index in [1.165, 1.54) is 5.56 Å². The lowest BCUT2D eigenvalue weighted by Gasteiger charge is -2.12. The van der Waals surface area contributed by atoms with E-state index in [0.717, 1.165) is 22.6 Å². The second kappa shape index (κ2) is 6.06. The Labute approximate surface area is 120 Å². The zero-order chi connectivity index (χ0) is 14.7. The fourth-order valence-electron chi connectivity index (χ4n) is 2.05. The van der Waals surface area contributed by atoms with Gasteiger partial charge in [-0.15, -0.1) is 0 Å². The number of aliphatic hydroxyl groups excluding tert-OH is 1. The van der Waals surface area contributed by atoms with Crippen molar-refractivity contribution >= 4 is 0 Å². The van der Waals surface area contributed by atoms with Crippen LogP contribution in [0.3, 0.4) is 0 Å². The summed E-state index contributed by atoms with van der Waals surface area (Å²) in [5, 5.41) is 9.34. The summed E-state index contributed by atoms with van der Waals surface area (Å²) < 4.78 is 5.88. The molecule has 2 aromatic rings. The van der Waals surface area contributed by atoms with Crippen LogP contribution < -0.4 is 4.74 Å². The van der Waals surface area contributed by atoms with Crippen LogP contribution in [0.5, 0.6) is 11.6 Å². The molecule has 3 nitrogen and oxygen atoms in total. The molecule has 0 unspecified atom stereocenters. The standard InChI is InChI=1S/C17H21NO2/c1-11(2)15-8-14(10-19)9-17(18-15)20-16-6-5-12(3)7-13(16)4/h5-9,11,19H,10H2,1-4H3. The van der Waals surface area contributed by atoms with Crippen LogP contribution in [0, 0.1) is 13.8 Å². The predicted octanol–water partition coefficient (Wildman–Crippen LogP) is 4.11. The normalized spacial score (nSPS) is 10.9. The van der Waals surface area contributed by atoms with Crippen molar-refractivity contribution in [1.29, 1.82) is 0 Å². The van der Waals surface area contributed by atoms with Gasteiger partial charge in [-0.25, -0.2) is 4.98 Å². The number of aryl methyl sites for hydroxylation is 2. The zero-order valence-electron chi connectivity index (χ0n) is 12.5. The minimum Gasteiger partial charge on any atom is -0.439 e. The van der Waals surface area contributed by atoms with Crippen LogP contribution in [0.4, 0.5) is 0 Å². The van der Waals surface area contributed by atoms with Gasteiger partial charge in [0.25, 0.3) is 0 Å². The fourth-order valence-corrected chi connectivity index (χ4v) is 2.05. The summed E-state index contributed by atoms with van der Waals surface area (Å²) in [6.07, 6.45) is 0. The lowest BCUT2D eigenvalue weighted by molar-refractivity contribution is 0.280. The van der Waals surface area contributed by atoms with Crippen molar-refractivity contribution in [3.8, 4) is 11.6 Å². The molecule has 0 fully saturated rings. The Bertz CT molecular complexity index is 606. The Morgan fingerprint density at radius 1 is 1.15 bits per heavy atom. The van der Waals surface area contributed by atoms with E-state index in [-0.39, 0.29) is 6.61 Å². The SMILES string of the molecule is Cc1ccc(Oc2cc(CO)cc(C(C)C)n2)c(C)c1. The van der Waals surface area contributed by atoms with Gasteiger partial charge in [-0.05, 0) is 43.0 Å². The molecule has 2 rings (SSSR count). The van der Waals surface area contributed by atoms with Gasteiger partial charge < -0.3 is 9.84 Å². The van der Waals surface area contributed by atoms with Crippen molar-refractivity contribution in [3.05, 3.63) is 52.7 Å². The van der Waals surface area contributed by atoms with Crippen LogP contribution in [0.25, 0.3) is 0 Å². The first-order valence-corrected chi connectivity index (χ1v) is 6.86. The van der Waals surface area contributed by atoms with Crippen molar-refractivity contribution in [2.24, 2.45) is 0 Å². The minimum atomic E-state index is -0.00845. The van der Waals surface area contributed by atoms with Gasteiger partial charge in [-0.3, -0.25) is 0 Å². The van der Waals surface area contributed by atoms with Crippen LogP contribution in [-0.4, -0.2) is 10.1 Å². The maximum Gasteiger partial charge on any atom is 0.219 e. The molecule has 3 heteroatoms. The summed E-state index contributed by atoms with van der Waals surface area (Å²) in [7, 11) is 0. The molecule has 0 aliphatic rings. The molecule has 0 saturated carbocycles. The quantitative estimate of drug-likeness (QED) is 0.910. The van der Waals surface area contributed by atoms with E-state index in [1.807, 2.05) is 25.1 Å². The Balaban J connectivity index is 2.34. The molecule has 0 bridgehead atoms. The van der Waals surface area contributed by atoms with Crippen LogP contribution >= 0.6 is 0 Å². The van der Waals surface area contributed by atoms with Crippen LogP contribution in [-0.2, 0) is 6.61 Å². The summed E-state index contributed by atoms with van der Waals surface area (Å²) in [5.41, 5.74) is 4.03. The Morgan fingerprint density at radius 3 is 2.50 bits per heavy atom. The third kappa shape index (κ3) is 3.36. The Kier molecular flexibility index (Phi) is 4.40. The van der Waals surface area contributed by atoms with Gasteiger partial charge in [0.05, 0.1) is 6.61 Å². The van der Waals surface area contributed by atoms with Gasteiger partial charge in [-0.2, -0.15) is 0 Å². The first kappa shape index (κ1) is 14.5. The second-order valence-corrected chi connectivity index (χ2v) is 5.42. The highest BCUT2D eigenvalue weighted by molar-refractivity contribution is 5.39. The van der Waals surface area contributed by atoms with Crippen molar-refractivity contribution < 1.29 is 9.84 Å². The molecule has 0 saturated heterocycles. The number of ether oxygens (including phenoxy) is 1. The van der Waals surface area contributed by atoms with Gasteiger partial charge in [0.15, 0.2) is 0 Å². The second-order valence-electron chi connectivity index (χ2n) is 5.42. The van der Waals surface area contributed by atoms with Gasteiger partial charge >= 0.3 is 0 Å². The van der Waals surface area contributed by atoms with Gasteiger partial charge in [0.2, 0.25) is 5.88 Å². The maximum absolute atomic E-state index is 9.34. The largest absolute Gasteiger partial charge is 0.439 e. The van der Waals surface area contributed by atoms with Gasteiger partial charge in [0.1, 0.15) is 5.75 Å². The van der Waals surface area contributed by atoms with E-state index in [4.69, 9.17) is 4.74 Å². The van der Waals surface area contributed by atoms with Crippen LogP contribution in [0.15, 0.2) is 30.3 Å². The number of aliphatic hydroxyl groups is 1. The molecule has 0 atom stereocenters.